The van der Waals surface area contributed by atoms with E-state index in [1.54, 1.807) is 186 Å². The van der Waals surface area contributed by atoms with Crippen molar-refractivity contribution in [2.45, 2.75) is 215 Å². The van der Waals surface area contributed by atoms with E-state index in [-0.39, 0.29) is 104 Å². The number of ether oxygens (including phenoxy) is 1. The summed E-state index contributed by atoms with van der Waals surface area (Å²) < 4.78 is 136. The number of nitrogens with one attached hydrogen (secondary N) is 5. The molecule has 8 atom stereocenters. The van der Waals surface area contributed by atoms with Gasteiger partial charge in [-0.15, -0.1) is 0 Å². The van der Waals surface area contributed by atoms with Gasteiger partial charge in [0.2, 0.25) is 0 Å². The Bertz CT molecular complexity index is 6230. The van der Waals surface area contributed by atoms with Crippen molar-refractivity contribution in [1.29, 1.82) is 0 Å². The van der Waals surface area contributed by atoms with Gasteiger partial charge in [0.1, 0.15) is 45.9 Å². The third-order valence-corrected chi connectivity index (χ3v) is 31.3. The first-order valence-electron chi connectivity index (χ1n) is 43.9. The van der Waals surface area contributed by atoms with Crippen molar-refractivity contribution in [2.75, 3.05) is 32.7 Å². The molecular formula is C97H124F6N14O22S5. The summed E-state index contributed by atoms with van der Waals surface area (Å²) in [4.78, 5) is 104. The lowest BCUT2D eigenvalue weighted by Crippen LogP contribution is -2.58. The van der Waals surface area contributed by atoms with Crippen LogP contribution in [0, 0.1) is 123 Å². The number of hydrogen-bond acceptors (Lipinski definition) is 26. The van der Waals surface area contributed by atoms with E-state index in [2.05, 4.69) is 34.8 Å². The number of carbonyl (C=O) groups excluding carboxylic acids is 3. The van der Waals surface area contributed by atoms with Crippen LogP contribution in [-0.4, -0.2) is 138 Å². The van der Waals surface area contributed by atoms with Gasteiger partial charge >= 0.3 is 5.97 Å². The summed E-state index contributed by atoms with van der Waals surface area (Å²) in [7, 11) is -3.62. The van der Waals surface area contributed by atoms with E-state index in [1.165, 1.54) is 52.6 Å². The molecule has 36 nitrogen and oxygen atoms in total. The van der Waals surface area contributed by atoms with Crippen LogP contribution in [0.25, 0.3) is 0 Å². The summed E-state index contributed by atoms with van der Waals surface area (Å²) in [6, 6.07) is 36.3. The second kappa shape index (κ2) is 49.2. The molecule has 0 saturated heterocycles. The van der Waals surface area contributed by atoms with Crippen LogP contribution in [0.1, 0.15) is 227 Å². The highest BCUT2D eigenvalue weighted by atomic mass is 32.2. The van der Waals surface area contributed by atoms with Crippen LogP contribution in [0.3, 0.4) is 0 Å². The molecule has 144 heavy (non-hydrogen) atoms. The number of amides is 2. The van der Waals surface area contributed by atoms with Crippen molar-refractivity contribution in [2.24, 2.45) is 42.2 Å². The van der Waals surface area contributed by atoms with Crippen LogP contribution in [0.4, 0.5) is 60.5 Å². The molecule has 1 aliphatic rings. The number of nitro groups is 6. The Balaban J connectivity index is 0.000000363. The lowest BCUT2D eigenvalue weighted by Gasteiger charge is -2.45. The lowest BCUT2D eigenvalue weighted by molar-refractivity contribution is -0.385. The van der Waals surface area contributed by atoms with Crippen LogP contribution in [0.15, 0.2) is 179 Å². The summed E-state index contributed by atoms with van der Waals surface area (Å²) in [5.41, 5.74) is -5.69. The monoisotopic (exact) mass is 2110 g/mol. The largest absolute Gasteiger partial charge is 0.469 e. The van der Waals surface area contributed by atoms with Crippen molar-refractivity contribution in [3.8, 4) is 0 Å². The van der Waals surface area contributed by atoms with Gasteiger partial charge in [-0.05, 0) is 191 Å². The molecule has 8 aromatic carbocycles. The number of rotatable bonds is 28. The molecule has 47 heteroatoms. The molecule has 0 spiro atoms. The van der Waals surface area contributed by atoms with E-state index < -0.39 is 178 Å². The Morgan fingerprint density at radius 2 is 0.792 bits per heavy atom. The molecule has 0 aromatic heterocycles. The van der Waals surface area contributed by atoms with Gasteiger partial charge in [0, 0.05) is 150 Å². The van der Waals surface area contributed by atoms with Crippen LogP contribution >= 0.6 is 24.0 Å². The topological polar surface area (TPSA) is 542 Å². The minimum atomic E-state index is -1.69. The predicted molar refractivity (Wildman–Crippen MR) is 547 cm³/mol. The SMILES string of the molecule is CC(=N[S@](=O)C(C)(C)C)c1cc([N+](=O)[O-])ccc1F.CC(C)(C)[S@@](=O)N[C@](C)(c1cc([N+](=O)[O-])ccc1F)C(C)(C)CO.CC(C)(CO)[C@](C)(N)c1cc([N+](=O)[O-])ccc1F.CC(C)(CO)[C@](C)(NC(=S)NC(=O)c1ccccc1)c1cc([N+](=O)[O-])ccc1F.CC1(C)CSC(NC(=O)c2ccccc2)=N[C@]1(C)c1cc([N+](=O)[O-])ccc1F.COC(=O)C(C)(C)[C@](C)(N[S@](=O)C(C)(C)C)c1cc([N+](=O)[O-])ccc1F. The van der Waals surface area contributed by atoms with E-state index >= 15 is 0 Å². The molecular weight excluding hydrogens is 1990 g/mol. The standard InChI is InChI=1S/C20H22FN3O4S.C20H20FN3O3S.C17H25FN2O5S.C16H25FN2O4S.C12H15FN2O3S.C12H17FN2O3/c1-19(2,12-25)20(3,15-11-14(24(27)28)9-10-16(15)21)23-18(29)22-17(26)13-7-5-4-6-8-13;1-19(2)12-28-18(22-17(25)13-7-5-4-6-8-13)23-20(19,3)15-11-14(24(26)27)9-10-16(15)21;1-15(2,3)26(24)19-17(6,16(4,5)14(21)25-7)12-10-11(20(22)23)8-9-13(12)18;1-14(2,3)24(23)18-16(6,15(4,5)10-20)12-9-11(19(21)22)7-8-13(12)17;1-8(14-19(18)12(2,3)4)10-7-9(15(16)17)5-6-11(10)13;1-11(2,7-16)12(3,14)9-6-8(15(17)18)4-5-10(9)13/h4-11,25H,12H2,1-3H3,(H2,22,23,26,29);4-11H,12H2,1-3H3,(H,22,23,25);8-10,19H,1-7H3;7-9,18,20H,10H2,1-6H3;5-7H,1-4H3;4-6,16H,7,14H2,1-3H3/t2*20-;17-,26-;16-,24-;19-;12-/m111111/s1. The molecule has 0 bridgehead atoms. The van der Waals surface area contributed by atoms with Gasteiger partial charge in [-0.1, -0.05) is 104 Å². The number of non-ortho nitro benzene ring substituents is 6. The number of esters is 1. The number of aliphatic imine (C=N–C) groups is 1. The fourth-order valence-corrected chi connectivity index (χ4v) is 17.2. The van der Waals surface area contributed by atoms with Crippen molar-refractivity contribution < 1.29 is 103 Å². The third kappa shape index (κ3) is 30.5. The maximum atomic E-state index is 14.7. The first-order chi connectivity index (χ1) is 65.8. The number of methoxy groups -OCH3 is 1. The zero-order valence-corrected chi connectivity index (χ0v) is 88.6. The average molecular weight is 2110 g/mol. The maximum absolute atomic E-state index is 14.7. The summed E-state index contributed by atoms with van der Waals surface area (Å²) in [6.45, 7) is 40.9. The number of nitrogens with zero attached hydrogens (tertiary/aromatic N) is 8. The Kier molecular flexibility index (Phi) is 42.5. The van der Waals surface area contributed by atoms with Crippen molar-refractivity contribution in [3.63, 3.8) is 0 Å². The number of amidine groups is 1. The predicted octanol–water partition coefficient (Wildman–Crippen LogP) is 18.9. The summed E-state index contributed by atoms with van der Waals surface area (Å²) in [5.74, 6) is -4.83. The fourth-order valence-electron chi connectivity index (χ4n) is 13.0. The zero-order valence-electron chi connectivity index (χ0n) is 84.6. The Labute approximate surface area is 848 Å². The molecule has 1 aliphatic heterocycles. The number of nitrogens with two attached hydrogens (primary N) is 1. The Morgan fingerprint density at radius 3 is 1.16 bits per heavy atom. The quantitative estimate of drug-likeness (QED) is 0.00549. The molecule has 0 radical (unpaired) electrons. The minimum absolute atomic E-state index is 0.00616. The molecule has 0 aliphatic carbocycles. The highest BCUT2D eigenvalue weighted by Crippen LogP contribution is 2.51. The smallest absolute Gasteiger partial charge is 0.313 e. The van der Waals surface area contributed by atoms with E-state index in [0.717, 1.165) is 103 Å². The Morgan fingerprint density at radius 1 is 0.465 bits per heavy atom. The van der Waals surface area contributed by atoms with Gasteiger partial charge < -0.3 is 36.4 Å². The average Bonchev–Trinajstić information content (AvgIpc) is 0.742. The lowest BCUT2D eigenvalue weighted by atomic mass is 9.69. The van der Waals surface area contributed by atoms with E-state index in [9.17, 15) is 129 Å². The Hall–Kier alpha value is -12.1. The molecule has 0 saturated carbocycles. The second-order valence-electron chi connectivity index (χ2n) is 40.1. The van der Waals surface area contributed by atoms with Gasteiger partial charge in [-0.3, -0.25) is 85.4 Å². The number of thiocarbonyl (C=S) groups is 1. The van der Waals surface area contributed by atoms with Crippen molar-refractivity contribution >= 4 is 125 Å². The zero-order chi connectivity index (χ0) is 111. The number of benzene rings is 8. The normalized spacial score (nSPS) is 16.1. The van der Waals surface area contributed by atoms with E-state index in [1.807, 2.05) is 19.9 Å². The molecule has 8 aromatic rings. The van der Waals surface area contributed by atoms with Gasteiger partial charge in [0.05, 0.1) is 126 Å². The van der Waals surface area contributed by atoms with Crippen LogP contribution < -0.4 is 31.1 Å². The van der Waals surface area contributed by atoms with Crippen molar-refractivity contribution in [3.05, 3.63) is 310 Å². The van der Waals surface area contributed by atoms with Crippen LogP contribution in [-0.2, 0) is 70.2 Å². The van der Waals surface area contributed by atoms with Gasteiger partial charge in [0.25, 0.3) is 45.9 Å². The molecule has 786 valence electrons. The van der Waals surface area contributed by atoms with E-state index in [4.69, 9.17) is 22.7 Å². The number of thioether (sulfide) groups is 1. The third-order valence-electron chi connectivity index (χ3n) is 24.8. The highest BCUT2D eigenvalue weighted by molar-refractivity contribution is 8.14. The summed E-state index contributed by atoms with van der Waals surface area (Å²) >= 11 is 6.61. The second-order valence-corrected chi connectivity index (χ2v) is 47.3. The minimum Gasteiger partial charge on any atom is -0.469 e. The summed E-state index contributed by atoms with van der Waals surface area (Å²) in [5, 5.41) is 103. The number of carbonyl (C=O) groups is 3. The molecule has 0 unspecified atom stereocenters. The summed E-state index contributed by atoms with van der Waals surface area (Å²) in [6.07, 6.45) is 0. The van der Waals surface area contributed by atoms with Crippen molar-refractivity contribution in [1.82, 2.24) is 25.4 Å². The first kappa shape index (κ1) is 124. The molecule has 2 amide bonds. The van der Waals surface area contributed by atoms with Gasteiger partial charge in [-0.2, -0.15) is 4.40 Å². The number of halogens is 6. The number of hydrogen-bond donors (Lipinski definition) is 9. The maximum Gasteiger partial charge on any atom is 0.313 e. The van der Waals surface area contributed by atoms with E-state index in [0.29, 0.717) is 22.0 Å². The van der Waals surface area contributed by atoms with Gasteiger partial charge in [-0.25, -0.2) is 48.4 Å². The highest BCUT2D eigenvalue weighted by Gasteiger charge is 2.54. The van der Waals surface area contributed by atoms with Crippen LogP contribution in [0.5, 0.6) is 0 Å². The van der Waals surface area contributed by atoms with Gasteiger partial charge in [0.15, 0.2) is 10.3 Å². The number of aliphatic hydroxyl groups excluding tert-OH is 3. The molecule has 10 N–H and O–H groups in total. The molecule has 0 fully saturated rings. The first-order valence-corrected chi connectivity index (χ1v) is 48.7. The number of nitro benzene ring substituents is 6. The van der Waals surface area contributed by atoms with Crippen LogP contribution in [0.2, 0.25) is 0 Å². The number of aliphatic hydroxyl groups is 3. The fraction of sp³-hybridized carbons (Fsp3) is 0.443. The molecule has 1 heterocycles. The molecule has 9 rings (SSSR count).